The Bertz CT molecular complexity index is 616. The van der Waals surface area contributed by atoms with Gasteiger partial charge in [0.1, 0.15) is 18.2 Å². The van der Waals surface area contributed by atoms with Gasteiger partial charge >= 0.3 is 0 Å². The van der Waals surface area contributed by atoms with Crippen LogP contribution in [0.5, 0.6) is 11.5 Å². The molecule has 5 heteroatoms. The molecule has 2 heterocycles. The van der Waals surface area contributed by atoms with E-state index in [-0.39, 0.29) is 0 Å². The van der Waals surface area contributed by atoms with E-state index in [1.165, 1.54) is 11.3 Å². The first-order chi connectivity index (χ1) is 8.86. The smallest absolute Gasteiger partial charge is 0.162 e. The van der Waals surface area contributed by atoms with Crippen LogP contribution in [-0.4, -0.2) is 18.2 Å². The summed E-state index contributed by atoms with van der Waals surface area (Å²) in [5, 5.41) is 11.4. The second kappa shape index (κ2) is 4.67. The minimum absolute atomic E-state index is 0.356. The summed E-state index contributed by atoms with van der Waals surface area (Å²) in [5.41, 5.74) is 1.86. The van der Waals surface area contributed by atoms with E-state index in [0.717, 1.165) is 27.8 Å². The minimum Gasteiger partial charge on any atom is -0.486 e. The minimum atomic E-state index is 0.356. The van der Waals surface area contributed by atoms with Crippen molar-refractivity contribution in [1.82, 2.24) is 4.98 Å². The number of hydrogen-bond donors (Lipinski definition) is 0. The molecular formula is C13H10N2O2S. The highest BCUT2D eigenvalue weighted by Gasteiger charge is 2.13. The van der Waals surface area contributed by atoms with E-state index in [2.05, 4.69) is 11.1 Å². The lowest BCUT2D eigenvalue weighted by atomic mass is 10.1. The van der Waals surface area contributed by atoms with Crippen molar-refractivity contribution in [3.8, 4) is 28.8 Å². The Morgan fingerprint density at radius 3 is 2.94 bits per heavy atom. The molecule has 0 fully saturated rings. The number of hydrogen-bond acceptors (Lipinski definition) is 5. The Kier molecular flexibility index (Phi) is 2.87. The summed E-state index contributed by atoms with van der Waals surface area (Å²) in [6, 6.07) is 7.89. The van der Waals surface area contributed by atoms with Gasteiger partial charge in [-0.15, -0.1) is 11.3 Å². The Labute approximate surface area is 108 Å². The number of ether oxygens (including phenoxy) is 2. The molecule has 0 radical (unpaired) electrons. The average molecular weight is 258 g/mol. The van der Waals surface area contributed by atoms with Gasteiger partial charge in [0.15, 0.2) is 11.5 Å². The summed E-state index contributed by atoms with van der Waals surface area (Å²) in [7, 11) is 0. The van der Waals surface area contributed by atoms with Gasteiger partial charge in [-0.05, 0) is 18.2 Å². The summed E-state index contributed by atoms with van der Waals surface area (Å²) < 4.78 is 11.0. The summed E-state index contributed by atoms with van der Waals surface area (Å²) in [6.07, 6.45) is 0.356. The van der Waals surface area contributed by atoms with Crippen LogP contribution in [0.2, 0.25) is 0 Å². The molecular weight excluding hydrogens is 248 g/mol. The normalized spacial score (nSPS) is 13.1. The molecule has 0 bridgehead atoms. The fraction of sp³-hybridized carbons (Fsp3) is 0.231. The van der Waals surface area contributed by atoms with Gasteiger partial charge in [-0.2, -0.15) is 5.26 Å². The topological polar surface area (TPSA) is 55.1 Å². The molecule has 4 nitrogen and oxygen atoms in total. The first-order valence-corrected chi connectivity index (χ1v) is 6.46. The van der Waals surface area contributed by atoms with Crippen molar-refractivity contribution in [2.75, 3.05) is 13.2 Å². The zero-order chi connectivity index (χ0) is 12.4. The van der Waals surface area contributed by atoms with Crippen LogP contribution in [0.4, 0.5) is 0 Å². The van der Waals surface area contributed by atoms with Gasteiger partial charge in [0, 0.05) is 10.9 Å². The van der Waals surface area contributed by atoms with Crippen LogP contribution in [0, 0.1) is 11.3 Å². The molecule has 0 spiro atoms. The van der Waals surface area contributed by atoms with E-state index in [1.807, 2.05) is 23.6 Å². The molecule has 0 atom stereocenters. The molecule has 0 amide bonds. The maximum atomic E-state index is 8.64. The van der Waals surface area contributed by atoms with Crippen molar-refractivity contribution in [2.24, 2.45) is 0 Å². The molecule has 0 aliphatic carbocycles. The molecule has 1 aromatic heterocycles. The summed E-state index contributed by atoms with van der Waals surface area (Å²) >= 11 is 1.50. The summed E-state index contributed by atoms with van der Waals surface area (Å²) in [6.45, 7) is 1.17. The van der Waals surface area contributed by atoms with Crippen LogP contribution in [-0.2, 0) is 6.42 Å². The van der Waals surface area contributed by atoms with Crippen molar-refractivity contribution in [3.05, 3.63) is 28.6 Å². The highest BCUT2D eigenvalue weighted by Crippen LogP contribution is 2.34. The maximum absolute atomic E-state index is 8.64. The van der Waals surface area contributed by atoms with E-state index >= 15 is 0 Å². The Balaban J connectivity index is 1.93. The number of aromatic nitrogens is 1. The van der Waals surface area contributed by atoms with Crippen molar-refractivity contribution in [2.45, 2.75) is 6.42 Å². The van der Waals surface area contributed by atoms with Gasteiger partial charge in [-0.25, -0.2) is 4.98 Å². The fourth-order valence-corrected chi connectivity index (χ4v) is 2.53. The second-order valence-electron chi connectivity index (χ2n) is 3.82. The monoisotopic (exact) mass is 258 g/mol. The predicted molar refractivity (Wildman–Crippen MR) is 67.9 cm³/mol. The van der Waals surface area contributed by atoms with Crippen LogP contribution in [0.3, 0.4) is 0 Å². The molecule has 3 rings (SSSR count). The van der Waals surface area contributed by atoms with E-state index in [9.17, 15) is 0 Å². The fourth-order valence-electron chi connectivity index (χ4n) is 1.79. The largest absolute Gasteiger partial charge is 0.486 e. The lowest BCUT2D eigenvalue weighted by Crippen LogP contribution is -2.15. The molecule has 0 saturated heterocycles. The van der Waals surface area contributed by atoms with Crippen molar-refractivity contribution in [1.29, 1.82) is 5.26 Å². The third kappa shape index (κ3) is 2.03. The van der Waals surface area contributed by atoms with Gasteiger partial charge in [0.05, 0.1) is 18.2 Å². The first-order valence-electron chi connectivity index (χ1n) is 5.58. The second-order valence-corrected chi connectivity index (χ2v) is 4.76. The molecule has 2 aromatic rings. The average Bonchev–Trinajstić information content (AvgIpc) is 2.87. The molecule has 1 aromatic carbocycles. The van der Waals surface area contributed by atoms with Crippen LogP contribution in [0.25, 0.3) is 11.3 Å². The first kappa shape index (κ1) is 11.1. The third-order valence-corrected chi connectivity index (χ3v) is 3.47. The zero-order valence-electron chi connectivity index (χ0n) is 9.55. The molecule has 90 valence electrons. The summed E-state index contributed by atoms with van der Waals surface area (Å²) in [5.74, 6) is 1.53. The lowest BCUT2D eigenvalue weighted by Gasteiger charge is -2.18. The highest BCUT2D eigenvalue weighted by molar-refractivity contribution is 7.10. The zero-order valence-corrected chi connectivity index (χ0v) is 10.4. The summed E-state index contributed by atoms with van der Waals surface area (Å²) in [4.78, 5) is 4.42. The SMILES string of the molecule is N#CCc1nc(-c2ccc3c(c2)OCCO3)cs1. The maximum Gasteiger partial charge on any atom is 0.162 e. The Morgan fingerprint density at radius 1 is 1.28 bits per heavy atom. The number of fused-ring (bicyclic) bond motifs is 1. The van der Waals surface area contributed by atoms with E-state index < -0.39 is 0 Å². The highest BCUT2D eigenvalue weighted by atomic mass is 32.1. The Morgan fingerprint density at radius 2 is 2.11 bits per heavy atom. The molecule has 0 N–H and O–H groups in total. The van der Waals surface area contributed by atoms with Gasteiger partial charge in [0.2, 0.25) is 0 Å². The molecule has 1 aliphatic heterocycles. The van der Waals surface area contributed by atoms with Gasteiger partial charge in [0.25, 0.3) is 0 Å². The van der Waals surface area contributed by atoms with E-state index in [0.29, 0.717) is 19.6 Å². The van der Waals surface area contributed by atoms with Gasteiger partial charge < -0.3 is 9.47 Å². The van der Waals surface area contributed by atoms with E-state index in [4.69, 9.17) is 14.7 Å². The van der Waals surface area contributed by atoms with E-state index in [1.54, 1.807) is 0 Å². The standard InChI is InChI=1S/C13H10N2O2S/c14-4-3-13-15-10(8-18-13)9-1-2-11-12(7-9)17-6-5-16-11/h1-2,7-8H,3,5-6H2. The van der Waals surface area contributed by atoms with Crippen molar-refractivity contribution in [3.63, 3.8) is 0 Å². The van der Waals surface area contributed by atoms with Crippen molar-refractivity contribution < 1.29 is 9.47 Å². The molecule has 0 unspecified atom stereocenters. The number of benzene rings is 1. The third-order valence-electron chi connectivity index (χ3n) is 2.62. The molecule has 0 saturated carbocycles. The molecule has 18 heavy (non-hydrogen) atoms. The molecule has 1 aliphatic rings. The van der Waals surface area contributed by atoms with Crippen LogP contribution in [0.15, 0.2) is 23.6 Å². The number of thiazole rings is 1. The van der Waals surface area contributed by atoms with Crippen LogP contribution >= 0.6 is 11.3 Å². The Hall–Kier alpha value is -2.06. The van der Waals surface area contributed by atoms with Crippen LogP contribution in [0.1, 0.15) is 5.01 Å². The number of rotatable bonds is 2. The van der Waals surface area contributed by atoms with Crippen molar-refractivity contribution >= 4 is 11.3 Å². The quantitative estimate of drug-likeness (QED) is 0.831. The van der Waals surface area contributed by atoms with Gasteiger partial charge in [-0.3, -0.25) is 0 Å². The van der Waals surface area contributed by atoms with Crippen LogP contribution < -0.4 is 9.47 Å². The number of nitrogens with zero attached hydrogens (tertiary/aromatic N) is 2. The number of nitriles is 1. The predicted octanol–water partition coefficient (Wildman–Crippen LogP) is 2.65. The van der Waals surface area contributed by atoms with Gasteiger partial charge in [-0.1, -0.05) is 0 Å². The lowest BCUT2D eigenvalue weighted by molar-refractivity contribution is 0.171.